The molecule has 0 saturated heterocycles. The second-order valence-corrected chi connectivity index (χ2v) is 7.49. The van der Waals surface area contributed by atoms with Gasteiger partial charge < -0.3 is 9.32 Å². The molecule has 0 bridgehead atoms. The normalized spacial score (nSPS) is 14.7. The van der Waals surface area contributed by atoms with Crippen LogP contribution in [0.3, 0.4) is 0 Å². The lowest BCUT2D eigenvalue weighted by atomic mass is 10.0. The maximum Gasteiger partial charge on any atom is 0.254 e. The van der Waals surface area contributed by atoms with Crippen molar-refractivity contribution >= 4 is 5.91 Å². The molecular weight excluding hydrogens is 334 g/mol. The maximum atomic E-state index is 13.3. The van der Waals surface area contributed by atoms with Crippen LogP contribution in [0.1, 0.15) is 41.3 Å². The Hall–Kier alpha value is -2.81. The van der Waals surface area contributed by atoms with Crippen LogP contribution in [0, 0.1) is 12.8 Å². The van der Waals surface area contributed by atoms with Gasteiger partial charge in [-0.15, -0.1) is 0 Å². The van der Waals surface area contributed by atoms with E-state index in [1.807, 2.05) is 53.4 Å². The predicted molar refractivity (Wildman–Crippen MR) is 107 cm³/mol. The fraction of sp³-hybridized carbons (Fsp3) is 0.292. The zero-order valence-electron chi connectivity index (χ0n) is 15.9. The van der Waals surface area contributed by atoms with E-state index in [9.17, 15) is 4.79 Å². The number of carbonyl (C=O) groups is 1. The third kappa shape index (κ3) is 3.82. The number of rotatable bonds is 6. The van der Waals surface area contributed by atoms with Gasteiger partial charge in [-0.25, -0.2) is 0 Å². The Morgan fingerprint density at radius 1 is 1.07 bits per heavy atom. The SMILES string of the molecule is Cc1ccccc1CN(C(=O)c1ccc(-c2ccco2)cc1)C(C)C1CC1. The number of nitrogens with zero attached hydrogens (tertiary/aromatic N) is 1. The summed E-state index contributed by atoms with van der Waals surface area (Å²) in [5, 5.41) is 0. The minimum Gasteiger partial charge on any atom is -0.464 e. The largest absolute Gasteiger partial charge is 0.464 e. The molecule has 1 saturated carbocycles. The summed E-state index contributed by atoms with van der Waals surface area (Å²) in [7, 11) is 0. The summed E-state index contributed by atoms with van der Waals surface area (Å²) < 4.78 is 5.44. The number of hydrogen-bond acceptors (Lipinski definition) is 2. The van der Waals surface area contributed by atoms with Gasteiger partial charge in [-0.1, -0.05) is 36.4 Å². The van der Waals surface area contributed by atoms with Gasteiger partial charge in [0.25, 0.3) is 5.91 Å². The van der Waals surface area contributed by atoms with Crippen molar-refractivity contribution in [1.29, 1.82) is 0 Å². The standard InChI is InChI=1S/C24H25NO2/c1-17-6-3-4-7-22(17)16-25(18(2)19-9-10-19)24(26)21-13-11-20(12-14-21)23-8-5-15-27-23/h3-8,11-15,18-19H,9-10,16H2,1-2H3. The lowest BCUT2D eigenvalue weighted by Crippen LogP contribution is -2.39. The van der Waals surface area contributed by atoms with Crippen LogP contribution in [0.4, 0.5) is 0 Å². The molecule has 3 aromatic rings. The number of hydrogen-bond donors (Lipinski definition) is 0. The second kappa shape index (κ2) is 7.43. The molecule has 138 valence electrons. The molecule has 3 nitrogen and oxygen atoms in total. The van der Waals surface area contributed by atoms with Crippen LogP contribution in [0.15, 0.2) is 71.3 Å². The van der Waals surface area contributed by atoms with Crippen molar-refractivity contribution in [2.24, 2.45) is 5.92 Å². The summed E-state index contributed by atoms with van der Waals surface area (Å²) in [5.74, 6) is 1.54. The van der Waals surface area contributed by atoms with E-state index >= 15 is 0 Å². The highest BCUT2D eigenvalue weighted by atomic mass is 16.3. The van der Waals surface area contributed by atoms with Gasteiger partial charge in [0.1, 0.15) is 5.76 Å². The van der Waals surface area contributed by atoms with Gasteiger partial charge in [0, 0.05) is 23.7 Å². The molecule has 1 aliphatic rings. The van der Waals surface area contributed by atoms with Crippen LogP contribution in [0.25, 0.3) is 11.3 Å². The van der Waals surface area contributed by atoms with E-state index in [0.29, 0.717) is 12.5 Å². The van der Waals surface area contributed by atoms with Crippen molar-refractivity contribution in [1.82, 2.24) is 4.90 Å². The molecule has 2 aromatic carbocycles. The number of furan rings is 1. The molecule has 1 fully saturated rings. The van der Waals surface area contributed by atoms with Crippen molar-refractivity contribution < 1.29 is 9.21 Å². The summed E-state index contributed by atoms with van der Waals surface area (Å²) in [4.78, 5) is 15.4. The highest BCUT2D eigenvalue weighted by Gasteiger charge is 2.34. The van der Waals surface area contributed by atoms with Crippen molar-refractivity contribution in [2.45, 2.75) is 39.3 Å². The molecule has 4 rings (SSSR count). The van der Waals surface area contributed by atoms with Crippen LogP contribution in [0.2, 0.25) is 0 Å². The number of benzene rings is 2. The molecule has 0 aliphatic heterocycles. The average Bonchev–Trinajstić information content (AvgIpc) is 3.40. The molecule has 0 spiro atoms. The summed E-state index contributed by atoms with van der Waals surface area (Å²) in [5.41, 5.74) is 4.15. The van der Waals surface area contributed by atoms with Gasteiger partial charge in [0.15, 0.2) is 0 Å². The van der Waals surface area contributed by atoms with Crippen LogP contribution in [0.5, 0.6) is 0 Å². The van der Waals surface area contributed by atoms with Crippen LogP contribution >= 0.6 is 0 Å². The lowest BCUT2D eigenvalue weighted by molar-refractivity contribution is 0.0654. The van der Waals surface area contributed by atoms with Gasteiger partial charge in [0.2, 0.25) is 0 Å². The molecule has 1 atom stereocenters. The molecule has 3 heteroatoms. The third-order valence-electron chi connectivity index (χ3n) is 5.60. The van der Waals surface area contributed by atoms with Crippen molar-refractivity contribution in [3.8, 4) is 11.3 Å². The molecule has 1 aliphatic carbocycles. The summed E-state index contributed by atoms with van der Waals surface area (Å²) >= 11 is 0. The van der Waals surface area contributed by atoms with E-state index < -0.39 is 0 Å². The Morgan fingerprint density at radius 2 is 1.81 bits per heavy atom. The van der Waals surface area contributed by atoms with Gasteiger partial charge in [-0.3, -0.25) is 4.79 Å². The molecule has 0 N–H and O–H groups in total. The quantitative estimate of drug-likeness (QED) is 0.566. The summed E-state index contributed by atoms with van der Waals surface area (Å²) in [6, 6.07) is 20.1. The molecule has 0 radical (unpaired) electrons. The first-order valence-corrected chi connectivity index (χ1v) is 9.63. The van der Waals surface area contributed by atoms with Crippen molar-refractivity contribution in [2.75, 3.05) is 0 Å². The first-order valence-electron chi connectivity index (χ1n) is 9.63. The minimum atomic E-state index is 0.101. The minimum absolute atomic E-state index is 0.101. The van der Waals surface area contributed by atoms with E-state index in [0.717, 1.165) is 16.9 Å². The highest BCUT2D eigenvalue weighted by Crippen LogP contribution is 2.36. The Bertz CT molecular complexity index is 908. The lowest BCUT2D eigenvalue weighted by Gasteiger charge is -2.30. The predicted octanol–water partition coefficient (Wildman–Crippen LogP) is 5.70. The van der Waals surface area contributed by atoms with Crippen molar-refractivity contribution in [3.63, 3.8) is 0 Å². The van der Waals surface area contributed by atoms with Crippen LogP contribution < -0.4 is 0 Å². The van der Waals surface area contributed by atoms with Crippen LogP contribution in [-0.4, -0.2) is 16.8 Å². The summed E-state index contributed by atoms with van der Waals surface area (Å²) in [6.45, 7) is 4.95. The monoisotopic (exact) mass is 359 g/mol. The molecular formula is C24H25NO2. The van der Waals surface area contributed by atoms with E-state index in [-0.39, 0.29) is 11.9 Å². The van der Waals surface area contributed by atoms with Crippen LogP contribution in [-0.2, 0) is 6.54 Å². The fourth-order valence-electron chi connectivity index (χ4n) is 3.59. The number of aryl methyl sites for hydroxylation is 1. The van der Waals surface area contributed by atoms with Crippen molar-refractivity contribution in [3.05, 3.63) is 83.6 Å². The Kier molecular flexibility index (Phi) is 4.85. The zero-order chi connectivity index (χ0) is 18.8. The number of amides is 1. The topological polar surface area (TPSA) is 33.5 Å². The maximum absolute atomic E-state index is 13.3. The molecule has 27 heavy (non-hydrogen) atoms. The van der Waals surface area contributed by atoms with Gasteiger partial charge in [-0.05, 0) is 68.0 Å². The fourth-order valence-corrected chi connectivity index (χ4v) is 3.59. The second-order valence-electron chi connectivity index (χ2n) is 7.49. The molecule has 1 aromatic heterocycles. The third-order valence-corrected chi connectivity index (χ3v) is 5.60. The van der Waals surface area contributed by atoms with Gasteiger partial charge in [-0.2, -0.15) is 0 Å². The summed E-state index contributed by atoms with van der Waals surface area (Å²) in [6.07, 6.45) is 4.10. The first-order chi connectivity index (χ1) is 13.1. The van der Waals surface area contributed by atoms with Gasteiger partial charge >= 0.3 is 0 Å². The highest BCUT2D eigenvalue weighted by molar-refractivity contribution is 5.95. The Balaban J connectivity index is 1.59. The van der Waals surface area contributed by atoms with Gasteiger partial charge in [0.05, 0.1) is 6.26 Å². The van der Waals surface area contributed by atoms with E-state index in [1.165, 1.54) is 24.0 Å². The Morgan fingerprint density at radius 3 is 2.44 bits per heavy atom. The Labute approximate surface area is 160 Å². The first kappa shape index (κ1) is 17.6. The zero-order valence-corrected chi connectivity index (χ0v) is 15.9. The smallest absolute Gasteiger partial charge is 0.254 e. The average molecular weight is 359 g/mol. The molecule has 1 amide bonds. The van der Waals surface area contributed by atoms with E-state index in [2.05, 4.69) is 26.0 Å². The van der Waals surface area contributed by atoms with E-state index in [4.69, 9.17) is 4.42 Å². The van der Waals surface area contributed by atoms with E-state index in [1.54, 1.807) is 6.26 Å². The molecule has 1 unspecified atom stereocenters. The molecule has 1 heterocycles. The number of carbonyl (C=O) groups excluding carboxylic acids is 1.